The molecule has 0 N–H and O–H groups in total. The van der Waals surface area contributed by atoms with Gasteiger partial charge in [-0.1, -0.05) is 287 Å². The van der Waals surface area contributed by atoms with Crippen LogP contribution in [-0.2, 0) is 16.2 Å². The van der Waals surface area contributed by atoms with E-state index in [0.717, 1.165) is 150 Å². The molecule has 17 aromatic rings. The Labute approximate surface area is 607 Å². The van der Waals surface area contributed by atoms with Gasteiger partial charge in [0.2, 0.25) is 0 Å². The van der Waals surface area contributed by atoms with Crippen LogP contribution in [0.15, 0.2) is 306 Å². The molecule has 1 atom stereocenters. The van der Waals surface area contributed by atoms with E-state index in [4.69, 9.17) is 11.6 Å². The second kappa shape index (κ2) is 22.8. The number of benzene rings is 14. The van der Waals surface area contributed by atoms with Crippen LogP contribution < -0.4 is 9.80 Å². The minimum Gasteiger partial charge on any atom is -0.456 e. The molecular weight excluding hydrogens is 1240 g/mol. The van der Waals surface area contributed by atoms with Crippen LogP contribution in [0.5, 0.6) is 0 Å². The van der Waals surface area contributed by atoms with Crippen LogP contribution in [0.2, 0.25) is 0 Å². The van der Waals surface area contributed by atoms with E-state index in [1.54, 1.807) is 4.57 Å². The van der Waals surface area contributed by atoms with Crippen LogP contribution in [0.4, 0.5) is 34.1 Å². The molecule has 2 aliphatic heterocycles. The van der Waals surface area contributed by atoms with Crippen molar-refractivity contribution in [2.75, 3.05) is 9.80 Å². The lowest BCUT2D eigenvalue weighted by Gasteiger charge is -2.47. The van der Waals surface area contributed by atoms with Gasteiger partial charge in [-0.25, -0.2) is 0 Å². The maximum atomic E-state index is 9.91. The zero-order chi connectivity index (χ0) is 76.0. The van der Waals surface area contributed by atoms with E-state index in [2.05, 4.69) is 284 Å². The molecular formula is C97H77N3O2. The summed E-state index contributed by atoms with van der Waals surface area (Å²) in [6.07, 6.45) is 0. The maximum Gasteiger partial charge on any atom is 0.136 e. The third kappa shape index (κ3) is 9.58. The van der Waals surface area contributed by atoms with Crippen LogP contribution in [0.1, 0.15) is 113 Å². The Morgan fingerprint density at radius 3 is 1.32 bits per heavy atom. The number of nitrogens with zero attached hydrogens (tertiary/aromatic N) is 3. The summed E-state index contributed by atoms with van der Waals surface area (Å²) >= 11 is 0. The van der Waals surface area contributed by atoms with Crippen molar-refractivity contribution < 1.29 is 19.8 Å². The van der Waals surface area contributed by atoms with Gasteiger partial charge in [0.25, 0.3) is 0 Å². The Morgan fingerprint density at radius 2 is 0.784 bits per heavy atom. The minimum absolute atomic E-state index is 0.00208. The first-order valence-corrected chi connectivity index (χ1v) is 35.3. The fourth-order valence-electron chi connectivity index (χ4n) is 16.3. The van der Waals surface area contributed by atoms with Gasteiger partial charge in [0, 0.05) is 71.7 Å². The van der Waals surface area contributed by atoms with Crippen molar-refractivity contribution in [3.8, 4) is 61.3 Å². The first-order valence-electron chi connectivity index (χ1n) is 39.3. The zero-order valence-corrected chi connectivity index (χ0v) is 58.4. The number of fused-ring (bicyclic) bond motifs is 13. The number of anilines is 6. The van der Waals surface area contributed by atoms with Gasteiger partial charge < -0.3 is 23.2 Å². The summed E-state index contributed by atoms with van der Waals surface area (Å²) < 4.78 is 91.8. The highest BCUT2D eigenvalue weighted by Gasteiger charge is 2.45. The Morgan fingerprint density at radius 1 is 0.324 bits per heavy atom. The van der Waals surface area contributed by atoms with Crippen molar-refractivity contribution in [1.29, 1.82) is 0 Å². The van der Waals surface area contributed by atoms with Crippen LogP contribution in [0, 0.1) is 0 Å². The second-order valence-corrected chi connectivity index (χ2v) is 30.6. The summed E-state index contributed by atoms with van der Waals surface area (Å²) in [4.78, 5) is 5.02. The Bertz CT molecular complexity index is 6680. The van der Waals surface area contributed by atoms with E-state index in [1.165, 1.54) is 11.1 Å². The summed E-state index contributed by atoms with van der Waals surface area (Å²) in [6, 6.07) is 85.4. The molecule has 0 spiro atoms. The van der Waals surface area contributed by atoms with Crippen molar-refractivity contribution in [1.82, 2.24) is 4.57 Å². The molecule has 0 aliphatic carbocycles. The average Bonchev–Trinajstić information content (AvgIpc) is 0.887. The fraction of sp³-hybridized carbons (Fsp3) is 0.134. The normalized spacial score (nSPS) is 14.9. The smallest absolute Gasteiger partial charge is 0.136 e. The van der Waals surface area contributed by atoms with Gasteiger partial charge in [-0.15, -0.1) is 0 Å². The summed E-state index contributed by atoms with van der Waals surface area (Å²) in [5.41, 5.74) is 23.9. The number of aromatic nitrogens is 1. The van der Waals surface area contributed by atoms with Gasteiger partial charge in [-0.2, -0.15) is 0 Å². The molecule has 2 aliphatic rings. The molecule has 0 bridgehead atoms. The molecule has 1 unspecified atom stereocenters. The van der Waals surface area contributed by atoms with E-state index >= 15 is 0 Å². The highest BCUT2D eigenvalue weighted by Crippen LogP contribution is 2.66. The molecule has 0 saturated carbocycles. The van der Waals surface area contributed by atoms with Gasteiger partial charge >= 0.3 is 0 Å². The lowest BCUT2D eigenvalue weighted by atomic mass is 9.72. The first kappa shape index (κ1) is 53.0. The molecule has 0 amide bonds. The molecule has 0 fully saturated rings. The molecule has 0 radical (unpaired) electrons. The van der Waals surface area contributed by atoms with Crippen molar-refractivity contribution >= 4 is 99.8 Å². The first-order chi connectivity index (χ1) is 52.8. The van der Waals surface area contributed by atoms with Crippen molar-refractivity contribution in [3.63, 3.8) is 0 Å². The van der Waals surface area contributed by atoms with Gasteiger partial charge in [0.15, 0.2) is 0 Å². The van der Waals surface area contributed by atoms with E-state index in [1.807, 2.05) is 36.4 Å². The Hall–Kier alpha value is -11.9. The molecule has 492 valence electrons. The van der Waals surface area contributed by atoms with Crippen LogP contribution in [0.3, 0.4) is 0 Å². The zero-order valence-electron chi connectivity index (χ0n) is 66.4. The van der Waals surface area contributed by atoms with Gasteiger partial charge in [0.05, 0.1) is 56.1 Å². The monoisotopic (exact) mass is 1320 g/mol. The Kier molecular flexibility index (Phi) is 11.9. The third-order valence-electron chi connectivity index (χ3n) is 21.3. The van der Waals surface area contributed by atoms with E-state index in [0.29, 0.717) is 11.3 Å². The van der Waals surface area contributed by atoms with Crippen molar-refractivity contribution in [2.45, 2.75) is 84.5 Å². The van der Waals surface area contributed by atoms with E-state index in [9.17, 15) is 8.22 Å². The summed E-state index contributed by atoms with van der Waals surface area (Å²) in [5.74, 6) is -0.550. The molecule has 102 heavy (non-hydrogen) atoms. The average molecular weight is 1320 g/mol. The molecule has 3 aromatic heterocycles. The largest absolute Gasteiger partial charge is 0.456 e. The summed E-state index contributed by atoms with van der Waals surface area (Å²) in [6.45, 7) is 20.3. The number of hydrogen-bond acceptors (Lipinski definition) is 4. The summed E-state index contributed by atoms with van der Waals surface area (Å²) in [5, 5.41) is 3.79. The molecule has 0 saturated heterocycles. The van der Waals surface area contributed by atoms with Gasteiger partial charge in [-0.3, -0.25) is 0 Å². The number of hydrogen-bond donors (Lipinski definition) is 0. The molecule has 5 heteroatoms. The molecule has 19 rings (SSSR count). The van der Waals surface area contributed by atoms with Crippen LogP contribution in [0.25, 0.3) is 127 Å². The van der Waals surface area contributed by atoms with Gasteiger partial charge in [-0.05, 0) is 150 Å². The van der Waals surface area contributed by atoms with Crippen LogP contribution >= 0.6 is 0 Å². The fourth-order valence-corrected chi connectivity index (χ4v) is 16.3. The third-order valence-corrected chi connectivity index (χ3v) is 21.3. The Balaban J connectivity index is 1.04. The van der Waals surface area contributed by atoms with E-state index in [-0.39, 0.29) is 44.7 Å². The SMILES string of the molecule is [2H]c1c([2H])c([2H])c2c(c1[2H])c1c([2H])c([2H])c([2H])c([2H])c1n2-c1ccc2c(c1)N(c1c(-c3ccccc3)cc3oc4ccccc4c3c1-c1ccccc1)c1cc(C(C)(C)C)cc3c1C2c1cc(-c2cccc(C(C)(C)C)c2)ccc1N3c1c(-c2ccc(C(C)(C)C)cc2)cc2oc3ccccc3c2c1-c1ccccc1. The predicted octanol–water partition coefficient (Wildman–Crippen LogP) is 27.6. The molecule has 5 heterocycles. The van der Waals surface area contributed by atoms with Crippen LogP contribution in [-0.4, -0.2) is 4.57 Å². The number of rotatable bonds is 8. The summed E-state index contributed by atoms with van der Waals surface area (Å²) in [7, 11) is 0. The number of furan rings is 2. The lowest BCUT2D eigenvalue weighted by molar-refractivity contribution is 0.589. The minimum atomic E-state index is -0.550. The van der Waals surface area contributed by atoms with Gasteiger partial charge in [0.1, 0.15) is 22.3 Å². The van der Waals surface area contributed by atoms with Crippen molar-refractivity contribution in [3.05, 3.63) is 330 Å². The lowest BCUT2D eigenvalue weighted by Crippen LogP contribution is -2.31. The second-order valence-electron chi connectivity index (χ2n) is 30.6. The molecule has 14 aromatic carbocycles. The maximum absolute atomic E-state index is 9.91. The topological polar surface area (TPSA) is 37.7 Å². The van der Waals surface area contributed by atoms with Crippen molar-refractivity contribution in [2.24, 2.45) is 0 Å². The number of para-hydroxylation sites is 4. The molecule has 5 nitrogen and oxygen atoms in total. The predicted molar refractivity (Wildman–Crippen MR) is 429 cm³/mol. The standard InChI is InChI=1S/C97H77N3O2/c1-95(2,3)65-47-44-60(45-48-65)75-58-86-90(72-38-21-25-42-83(72)102-86)87(61-30-15-11-16-31-61)93(75)99-79-51-46-64(63-34-27-35-66(52-63)96(4,5)6)53-76(79)89-71-50-49-68(98-77-40-23-19-36-69(77)70-37-20-24-41-78(70)98)56-80(71)100(82-55-67(97(7,8)9)54-81(99)92(82)89)94-74(59-28-13-10-14-29-59)57-85-91(73-39-22-26-43-84(73)101-85)88(94)62-32-17-12-18-33-62/h10-58,89H,1-9H3/i19D,20D,23D,24D,36D,37D,40D,41D. The quantitative estimate of drug-likeness (QED) is 0.152. The highest BCUT2D eigenvalue weighted by atomic mass is 16.3. The van der Waals surface area contributed by atoms with E-state index < -0.39 is 47.6 Å². The highest BCUT2D eigenvalue weighted by molar-refractivity contribution is 6.22.